The topological polar surface area (TPSA) is 78.9 Å². The van der Waals surface area contributed by atoms with E-state index >= 15 is 0 Å². The van der Waals surface area contributed by atoms with Crippen molar-refractivity contribution >= 4 is 17.3 Å². The summed E-state index contributed by atoms with van der Waals surface area (Å²) < 4.78 is 0. The zero-order valence-corrected chi connectivity index (χ0v) is 13.3. The summed E-state index contributed by atoms with van der Waals surface area (Å²) in [6.07, 6.45) is 0.729. The second-order valence-electron chi connectivity index (χ2n) is 6.35. The van der Waals surface area contributed by atoms with Crippen LogP contribution in [0.25, 0.3) is 0 Å². The average molecular weight is 324 g/mol. The Morgan fingerprint density at radius 2 is 1.96 bits per heavy atom. The van der Waals surface area contributed by atoms with Crippen LogP contribution in [0, 0.1) is 5.21 Å². The van der Waals surface area contributed by atoms with Crippen molar-refractivity contribution in [3.8, 4) is 0 Å². The van der Waals surface area contributed by atoms with E-state index < -0.39 is 5.41 Å². The maximum absolute atomic E-state index is 13.1. The van der Waals surface area contributed by atoms with Crippen LogP contribution in [0.5, 0.6) is 0 Å². The first kappa shape index (κ1) is 15.1. The first-order valence-electron chi connectivity index (χ1n) is 7.93. The smallest absolute Gasteiger partial charge is 0.239 e. The maximum Gasteiger partial charge on any atom is 0.239 e. The Hall–Kier alpha value is -2.41. The summed E-state index contributed by atoms with van der Waals surface area (Å²) in [5.41, 5.74) is 2.47. The quantitative estimate of drug-likeness (QED) is 0.829. The van der Waals surface area contributed by atoms with Crippen molar-refractivity contribution < 1.29 is 10.0 Å². The lowest BCUT2D eigenvalue weighted by Crippen LogP contribution is -2.42. The van der Waals surface area contributed by atoms with Gasteiger partial charge in [-0.2, -0.15) is 0 Å². The molecule has 2 aliphatic rings. The minimum atomic E-state index is -0.622. The molecule has 0 aliphatic carbocycles. The van der Waals surface area contributed by atoms with Crippen molar-refractivity contribution in [1.82, 2.24) is 5.32 Å². The molecule has 124 valence electrons. The molecule has 6 heteroatoms. The molecular formula is C18H18N3O3-. The van der Waals surface area contributed by atoms with Crippen molar-refractivity contribution in [3.63, 3.8) is 0 Å². The van der Waals surface area contributed by atoms with E-state index in [1.165, 1.54) is 0 Å². The highest BCUT2D eigenvalue weighted by Gasteiger charge is 2.57. The lowest BCUT2D eigenvalue weighted by molar-refractivity contribution is -0.123. The number of anilines is 2. The molecular weight excluding hydrogens is 306 g/mol. The largest absolute Gasteiger partial charge is 0.733 e. The van der Waals surface area contributed by atoms with Gasteiger partial charge < -0.3 is 20.7 Å². The number of para-hydroxylation sites is 1. The molecule has 0 bridgehead atoms. The Bertz CT molecular complexity index is 790. The van der Waals surface area contributed by atoms with Gasteiger partial charge in [-0.05, 0) is 42.3 Å². The molecule has 1 spiro atoms. The fourth-order valence-corrected chi connectivity index (χ4v) is 4.12. The minimum absolute atomic E-state index is 0.0930. The van der Waals surface area contributed by atoms with E-state index in [4.69, 9.17) is 5.21 Å². The summed E-state index contributed by atoms with van der Waals surface area (Å²) in [4.78, 5) is 14.9. The second-order valence-corrected chi connectivity index (χ2v) is 6.35. The highest BCUT2D eigenvalue weighted by Crippen LogP contribution is 2.52. The molecule has 24 heavy (non-hydrogen) atoms. The first-order chi connectivity index (χ1) is 11.6. The molecule has 6 nitrogen and oxygen atoms in total. The number of hydrogen-bond acceptors (Lipinski definition) is 5. The standard InChI is InChI=1S/C18H18N3O3/c1-20-15-5-3-2-4-14(15)18(17(20)22)10-11-19-16(18)12-6-8-13(9-7-12)21(23)24/h2-9,16,19,23H,10-11H2,1H3/q-1. The predicted molar refractivity (Wildman–Crippen MR) is 91.0 cm³/mol. The normalized spacial score (nSPS) is 25.4. The molecule has 1 amide bonds. The molecule has 0 saturated carbocycles. The Morgan fingerprint density at radius 1 is 1.25 bits per heavy atom. The fraction of sp³-hybridized carbons (Fsp3) is 0.278. The van der Waals surface area contributed by atoms with Crippen LogP contribution < -0.4 is 15.4 Å². The highest BCUT2D eigenvalue weighted by molar-refractivity contribution is 6.08. The van der Waals surface area contributed by atoms with Gasteiger partial charge in [0, 0.05) is 12.7 Å². The van der Waals surface area contributed by atoms with Crippen molar-refractivity contribution in [2.75, 3.05) is 23.7 Å². The SMILES string of the molecule is CN1C(=O)C2(CCNC2c2ccc(N([O-])O)cc2)c2ccccc21. The third-order valence-electron chi connectivity index (χ3n) is 5.24. The number of likely N-dealkylation sites (N-methyl/N-ethyl adjacent to an activating group) is 1. The van der Waals surface area contributed by atoms with E-state index in [1.807, 2.05) is 31.3 Å². The molecule has 0 aromatic heterocycles. The van der Waals surface area contributed by atoms with Crippen LogP contribution in [0.15, 0.2) is 48.5 Å². The van der Waals surface area contributed by atoms with E-state index in [0.717, 1.165) is 29.8 Å². The van der Waals surface area contributed by atoms with Crippen LogP contribution in [-0.2, 0) is 10.2 Å². The van der Waals surface area contributed by atoms with Gasteiger partial charge in [0.25, 0.3) is 0 Å². The van der Waals surface area contributed by atoms with Crippen LogP contribution >= 0.6 is 0 Å². The van der Waals surface area contributed by atoms with E-state index in [2.05, 4.69) is 5.32 Å². The van der Waals surface area contributed by atoms with Crippen LogP contribution in [-0.4, -0.2) is 24.7 Å². The number of fused-ring (bicyclic) bond motifs is 2. The van der Waals surface area contributed by atoms with Crippen LogP contribution in [0.1, 0.15) is 23.6 Å². The fourth-order valence-electron chi connectivity index (χ4n) is 4.12. The molecule has 0 radical (unpaired) electrons. The summed E-state index contributed by atoms with van der Waals surface area (Å²) in [5, 5.41) is 23.3. The Labute approximate surface area is 139 Å². The molecule has 1 saturated heterocycles. The number of nitrogens with one attached hydrogen (secondary N) is 1. The maximum atomic E-state index is 13.1. The van der Waals surface area contributed by atoms with Gasteiger partial charge in [0.2, 0.25) is 5.91 Å². The zero-order chi connectivity index (χ0) is 16.9. The highest BCUT2D eigenvalue weighted by atomic mass is 16.8. The van der Waals surface area contributed by atoms with Gasteiger partial charge in [0.15, 0.2) is 0 Å². The van der Waals surface area contributed by atoms with Crippen molar-refractivity contribution in [3.05, 3.63) is 64.9 Å². The molecule has 2 atom stereocenters. The number of nitrogens with zero attached hydrogens (tertiary/aromatic N) is 2. The van der Waals surface area contributed by atoms with Gasteiger partial charge in [-0.15, -0.1) is 0 Å². The van der Waals surface area contributed by atoms with Crippen molar-refractivity contribution in [1.29, 1.82) is 0 Å². The van der Waals surface area contributed by atoms with Gasteiger partial charge in [0.05, 0.1) is 17.1 Å². The summed E-state index contributed by atoms with van der Waals surface area (Å²) in [5.74, 6) is 0.0930. The summed E-state index contributed by atoms with van der Waals surface area (Å²) in [6.45, 7) is 0.744. The summed E-state index contributed by atoms with van der Waals surface area (Å²) in [7, 11) is 1.81. The van der Waals surface area contributed by atoms with E-state index in [-0.39, 0.29) is 22.9 Å². The lowest BCUT2D eigenvalue weighted by Gasteiger charge is -2.31. The molecule has 2 aromatic rings. The van der Waals surface area contributed by atoms with E-state index in [9.17, 15) is 10.0 Å². The lowest BCUT2D eigenvalue weighted by atomic mass is 9.73. The van der Waals surface area contributed by atoms with E-state index in [1.54, 1.807) is 29.2 Å². The molecule has 2 aromatic carbocycles. The first-order valence-corrected chi connectivity index (χ1v) is 7.93. The van der Waals surface area contributed by atoms with Gasteiger partial charge in [-0.1, -0.05) is 30.3 Å². The van der Waals surface area contributed by atoms with Gasteiger partial charge in [-0.3, -0.25) is 10.0 Å². The number of hydrogen-bond donors (Lipinski definition) is 2. The number of carbonyl (C=O) groups is 1. The number of rotatable bonds is 2. The molecule has 4 rings (SSSR count). The monoisotopic (exact) mass is 324 g/mol. The van der Waals surface area contributed by atoms with E-state index in [0.29, 0.717) is 0 Å². The van der Waals surface area contributed by atoms with Crippen LogP contribution in [0.2, 0.25) is 0 Å². The van der Waals surface area contributed by atoms with Crippen LogP contribution in [0.3, 0.4) is 0 Å². The Balaban J connectivity index is 1.81. The third kappa shape index (κ3) is 1.91. The second kappa shape index (κ2) is 5.31. The summed E-state index contributed by atoms with van der Waals surface area (Å²) in [6, 6.07) is 14.4. The molecule has 1 fully saturated rings. The summed E-state index contributed by atoms with van der Waals surface area (Å²) >= 11 is 0. The molecule has 2 aliphatic heterocycles. The Morgan fingerprint density at radius 3 is 2.67 bits per heavy atom. The van der Waals surface area contributed by atoms with Crippen molar-refractivity contribution in [2.45, 2.75) is 17.9 Å². The minimum Gasteiger partial charge on any atom is -0.733 e. The number of carbonyl (C=O) groups excluding carboxylic acids is 1. The molecule has 2 unspecified atom stereocenters. The van der Waals surface area contributed by atoms with Crippen LogP contribution in [0.4, 0.5) is 11.4 Å². The third-order valence-corrected chi connectivity index (χ3v) is 5.24. The number of amides is 1. The average Bonchev–Trinajstić information content (AvgIpc) is 3.13. The zero-order valence-electron chi connectivity index (χ0n) is 13.3. The van der Waals surface area contributed by atoms with Gasteiger partial charge in [-0.25, -0.2) is 0 Å². The predicted octanol–water partition coefficient (Wildman–Crippen LogP) is 2.33. The van der Waals surface area contributed by atoms with Gasteiger partial charge in [0.1, 0.15) is 0 Å². The van der Waals surface area contributed by atoms with Crippen molar-refractivity contribution in [2.24, 2.45) is 0 Å². The Kier molecular flexibility index (Phi) is 3.35. The van der Waals surface area contributed by atoms with Gasteiger partial charge >= 0.3 is 0 Å². The molecule has 2 heterocycles. The molecule has 2 N–H and O–H groups in total. The number of benzene rings is 2.